The van der Waals surface area contributed by atoms with Gasteiger partial charge in [0.1, 0.15) is 5.75 Å². The summed E-state index contributed by atoms with van der Waals surface area (Å²) in [4.78, 5) is 6.49. The van der Waals surface area contributed by atoms with Crippen LogP contribution in [-0.4, -0.2) is 23.9 Å². The summed E-state index contributed by atoms with van der Waals surface area (Å²) in [6, 6.07) is 34.0. The van der Waals surface area contributed by atoms with Gasteiger partial charge in [0.2, 0.25) is 0 Å². The van der Waals surface area contributed by atoms with E-state index in [4.69, 9.17) is 13.7 Å². The van der Waals surface area contributed by atoms with Gasteiger partial charge in [-0.25, -0.2) is 0 Å². The number of hydrogen-bond acceptors (Lipinski definition) is 1. The second kappa shape index (κ2) is 20.8. The first-order chi connectivity index (χ1) is 25.2. The third-order valence-electron chi connectivity index (χ3n) is 10.6. The average Bonchev–Trinajstić information content (AvgIpc) is 3.13. The molecule has 0 saturated heterocycles. The van der Waals surface area contributed by atoms with Crippen LogP contribution in [0.15, 0.2) is 91.0 Å². The van der Waals surface area contributed by atoms with Crippen LogP contribution < -0.4 is 4.74 Å². The van der Waals surface area contributed by atoms with Crippen LogP contribution in [-0.2, 0) is 0 Å². The first-order valence-electron chi connectivity index (χ1n) is 20.8. The second-order valence-corrected chi connectivity index (χ2v) is 35.7. The summed E-state index contributed by atoms with van der Waals surface area (Å²) >= 11 is -1.71. The molecule has 0 saturated carbocycles. The molecule has 3 heteroatoms. The van der Waals surface area contributed by atoms with Crippen molar-refractivity contribution >= 4 is 80.0 Å². The van der Waals surface area contributed by atoms with Crippen molar-refractivity contribution in [2.75, 3.05) is 6.61 Å². The average molecular weight is 824 g/mol. The van der Waals surface area contributed by atoms with E-state index < -0.39 is 17.3 Å². The van der Waals surface area contributed by atoms with Crippen molar-refractivity contribution in [3.05, 3.63) is 91.0 Å². The Labute approximate surface area is 323 Å². The molecule has 52 heavy (non-hydrogen) atoms. The van der Waals surface area contributed by atoms with E-state index in [1.54, 1.807) is 0 Å². The molecule has 0 aliphatic rings. The Morgan fingerprint density at radius 2 is 0.885 bits per heavy atom. The van der Waals surface area contributed by atoms with Crippen molar-refractivity contribution in [2.24, 2.45) is 5.92 Å². The van der Waals surface area contributed by atoms with E-state index in [1.165, 1.54) is 157 Å². The zero-order chi connectivity index (χ0) is 36.8. The van der Waals surface area contributed by atoms with Crippen LogP contribution in [0, 0.1) is 5.92 Å². The van der Waals surface area contributed by atoms with Crippen LogP contribution in [0.1, 0.15) is 117 Å². The number of halogens is 1. The number of benzene rings is 6. The topological polar surface area (TPSA) is 9.23 Å². The monoisotopic (exact) mass is 824 g/mol. The van der Waals surface area contributed by atoms with E-state index in [2.05, 4.69) is 120 Å². The summed E-state index contributed by atoms with van der Waals surface area (Å²) in [5.74, 6) is 1.68. The summed E-state index contributed by atoms with van der Waals surface area (Å²) in [5, 5.41) is 13.0. The third-order valence-corrected chi connectivity index (χ3v) is 10.6. The Balaban J connectivity index is 0.000000979. The van der Waals surface area contributed by atoms with Crippen LogP contribution in [0.4, 0.5) is 0 Å². The van der Waals surface area contributed by atoms with Gasteiger partial charge in [-0.3, -0.25) is 0 Å². The van der Waals surface area contributed by atoms with Gasteiger partial charge >= 0.3 is 41.0 Å². The second-order valence-electron chi connectivity index (χ2n) is 16.3. The summed E-state index contributed by atoms with van der Waals surface area (Å²) in [7, 11) is 5.74. The maximum absolute atomic E-state index is 6.73. The van der Waals surface area contributed by atoms with Crippen LogP contribution >= 0.6 is 8.92 Å². The van der Waals surface area contributed by atoms with Gasteiger partial charge in [0.25, 0.3) is 0 Å². The molecule has 6 aromatic rings. The molecule has 0 fully saturated rings. The van der Waals surface area contributed by atoms with Crippen LogP contribution in [0.25, 0.3) is 53.9 Å². The molecular formula is C49H65ClOSn. The van der Waals surface area contributed by atoms with Crippen molar-refractivity contribution in [2.45, 2.75) is 131 Å². The summed E-state index contributed by atoms with van der Waals surface area (Å²) < 4.78 is 6.73. The van der Waals surface area contributed by atoms with Gasteiger partial charge < -0.3 is 4.74 Å². The first kappa shape index (κ1) is 40.7. The van der Waals surface area contributed by atoms with E-state index in [9.17, 15) is 0 Å². The van der Waals surface area contributed by atoms with Gasteiger partial charge in [-0.1, -0.05) is 164 Å². The Kier molecular flexibility index (Phi) is 16.3. The Morgan fingerprint density at radius 3 is 1.44 bits per heavy atom. The van der Waals surface area contributed by atoms with Crippen LogP contribution in [0.5, 0.6) is 5.75 Å². The molecule has 1 atom stereocenters. The molecule has 0 bridgehead atoms. The van der Waals surface area contributed by atoms with Crippen molar-refractivity contribution in [1.29, 1.82) is 0 Å². The van der Waals surface area contributed by atoms with Gasteiger partial charge in [-0.2, -0.15) is 0 Å². The molecule has 0 radical (unpaired) electrons. The number of rotatable bonds is 19. The Hall–Kier alpha value is -2.49. The minimum atomic E-state index is -1.71. The third kappa shape index (κ3) is 12.3. The van der Waals surface area contributed by atoms with Gasteiger partial charge in [0.05, 0.1) is 6.61 Å². The van der Waals surface area contributed by atoms with Gasteiger partial charge in [0, 0.05) is 5.39 Å². The molecule has 1 unspecified atom stereocenters. The fraction of sp³-hybridized carbons (Fsp3) is 0.469. The molecule has 0 aliphatic carbocycles. The normalized spacial score (nSPS) is 12.5. The predicted octanol–water partition coefficient (Wildman–Crippen LogP) is 16.8. The molecule has 0 aliphatic heterocycles. The quantitative estimate of drug-likeness (QED) is 0.0342. The molecule has 6 aromatic carbocycles. The molecule has 278 valence electrons. The molecule has 0 spiro atoms. The molecule has 0 heterocycles. The van der Waals surface area contributed by atoms with Gasteiger partial charge in [0.15, 0.2) is 0 Å². The Morgan fingerprint density at radius 1 is 0.462 bits per heavy atom. The summed E-state index contributed by atoms with van der Waals surface area (Å²) in [6.07, 6.45) is 21.9. The summed E-state index contributed by atoms with van der Waals surface area (Å²) in [6.45, 7) is 5.44. The molecule has 0 N–H and O–H groups in total. The fourth-order valence-electron chi connectivity index (χ4n) is 7.73. The standard InChI is InChI=1S/C46H56O.3CH3.ClH.Sn/c1-3-5-7-9-11-12-14-16-21-35(20-15-13-10-8-6-4-2)34-47-46-25-19-24-38-32-44-40(33-45(38)46)27-29-41-42(44)28-26-39-30-36-22-17-18-23-37(36)31-43(39)41;;;;;/h17-19,22-33,35H,3-16,20-21,34H2,1-2H3;3*1H3;1H;/q;;;;;+1/p-1. The van der Waals surface area contributed by atoms with Crippen molar-refractivity contribution in [1.82, 2.24) is 0 Å². The fourth-order valence-corrected chi connectivity index (χ4v) is 7.73. The molecule has 0 aromatic heterocycles. The zero-order valence-electron chi connectivity index (χ0n) is 33.0. The van der Waals surface area contributed by atoms with Crippen molar-refractivity contribution < 1.29 is 4.74 Å². The molecule has 0 amide bonds. The number of fused-ring (bicyclic) bond motifs is 7. The van der Waals surface area contributed by atoms with E-state index in [0.717, 1.165) is 12.4 Å². The maximum atomic E-state index is 6.73. The van der Waals surface area contributed by atoms with Gasteiger partial charge in [-0.05, 0) is 97.6 Å². The van der Waals surface area contributed by atoms with Gasteiger partial charge in [-0.15, -0.1) is 0 Å². The SMILES string of the molecule is CCCCCCCCCCC(CCCCCCCC)COc1cccc2cc3c(ccc4c5cc6ccccc6cc5ccc34)cc12.[CH3][Sn]([CH3])([CH3])[Cl]. The minimum absolute atomic E-state index is 0.644. The molecule has 6 rings (SSSR count). The molecule has 1 nitrogen and oxygen atoms in total. The van der Waals surface area contributed by atoms with E-state index in [1.807, 2.05) is 0 Å². The predicted molar refractivity (Wildman–Crippen MR) is 237 cm³/mol. The zero-order valence-corrected chi connectivity index (χ0v) is 36.7. The van der Waals surface area contributed by atoms with Crippen LogP contribution in [0.3, 0.4) is 0 Å². The number of ether oxygens (including phenoxy) is 1. The Bertz CT molecular complexity index is 1980. The van der Waals surface area contributed by atoms with E-state index in [0.29, 0.717) is 5.92 Å². The van der Waals surface area contributed by atoms with Crippen molar-refractivity contribution in [3.8, 4) is 5.75 Å². The van der Waals surface area contributed by atoms with E-state index >= 15 is 0 Å². The number of unbranched alkanes of at least 4 members (excludes halogenated alkanes) is 12. The number of hydrogen-bond donors (Lipinski definition) is 0. The molecular weight excluding hydrogens is 759 g/mol. The summed E-state index contributed by atoms with van der Waals surface area (Å²) in [5.41, 5.74) is 0. The first-order valence-corrected chi connectivity index (χ1v) is 32.9. The van der Waals surface area contributed by atoms with Crippen LogP contribution in [0.2, 0.25) is 14.8 Å². The van der Waals surface area contributed by atoms with Crippen molar-refractivity contribution in [3.63, 3.8) is 0 Å². The van der Waals surface area contributed by atoms with E-state index in [-0.39, 0.29) is 0 Å².